The minimum absolute atomic E-state index is 0.0712. The minimum Gasteiger partial charge on any atom is -0.353 e. The van der Waals surface area contributed by atoms with Crippen LogP contribution in [0.5, 0.6) is 0 Å². The van der Waals surface area contributed by atoms with E-state index in [1.807, 2.05) is 11.8 Å². The van der Waals surface area contributed by atoms with Crippen LogP contribution in [0.25, 0.3) is 0 Å². The number of anilines is 2. The number of hydrogen-bond donors (Lipinski definition) is 1. The summed E-state index contributed by atoms with van der Waals surface area (Å²) in [4.78, 5) is 39.8. The zero-order valence-corrected chi connectivity index (χ0v) is 21.7. The Bertz CT molecular complexity index is 1070. The van der Waals surface area contributed by atoms with Gasteiger partial charge in [0.25, 0.3) is 0 Å². The quantitative estimate of drug-likeness (QED) is 0.328. The molecular formula is C22H25Cl3N6O2S. The summed E-state index contributed by atoms with van der Waals surface area (Å²) in [5.41, 5.74) is 0.585. The number of piperazine rings is 1. The molecule has 2 aliphatic heterocycles. The van der Waals surface area contributed by atoms with Crippen molar-refractivity contribution in [2.75, 3.05) is 48.7 Å². The van der Waals surface area contributed by atoms with E-state index in [0.717, 1.165) is 25.9 Å². The lowest BCUT2D eigenvalue weighted by molar-refractivity contribution is -0.127. The van der Waals surface area contributed by atoms with Gasteiger partial charge in [0.15, 0.2) is 5.16 Å². The highest BCUT2D eigenvalue weighted by Crippen LogP contribution is 2.27. The molecule has 3 heterocycles. The van der Waals surface area contributed by atoms with Gasteiger partial charge in [0.2, 0.25) is 5.91 Å². The highest BCUT2D eigenvalue weighted by Gasteiger charge is 2.29. The van der Waals surface area contributed by atoms with E-state index in [-0.39, 0.29) is 18.0 Å². The van der Waals surface area contributed by atoms with Gasteiger partial charge in [-0.15, -0.1) is 0 Å². The van der Waals surface area contributed by atoms with Gasteiger partial charge < -0.3 is 20.0 Å². The molecule has 34 heavy (non-hydrogen) atoms. The number of nitrogens with one attached hydrogen (secondary N) is 1. The van der Waals surface area contributed by atoms with Crippen LogP contribution in [0.2, 0.25) is 15.2 Å². The Morgan fingerprint density at radius 1 is 1.06 bits per heavy atom. The standard InChI is InChI=1S/C22H25Cl3N6O2S/c1-14-12-30(8-9-31(14)22(33)26-15-4-5-16(23)17(24)10-15)19-11-18(25)27-21(28-19)34-13-20(32)29-6-2-3-7-29/h4-5,10-11,14H,2-3,6-9,12-13H2,1H3,(H,26,33). The van der Waals surface area contributed by atoms with Crippen molar-refractivity contribution in [1.29, 1.82) is 0 Å². The van der Waals surface area contributed by atoms with Crippen molar-refractivity contribution in [2.45, 2.75) is 31.0 Å². The third-order valence-corrected chi connectivity index (χ3v) is 7.59. The molecule has 8 nitrogen and oxygen atoms in total. The number of halogens is 3. The van der Waals surface area contributed by atoms with Crippen molar-refractivity contribution >= 4 is 70.0 Å². The van der Waals surface area contributed by atoms with Gasteiger partial charge in [0, 0.05) is 50.5 Å². The van der Waals surface area contributed by atoms with Gasteiger partial charge in [-0.2, -0.15) is 0 Å². The van der Waals surface area contributed by atoms with Gasteiger partial charge in [-0.25, -0.2) is 14.8 Å². The Morgan fingerprint density at radius 2 is 1.82 bits per heavy atom. The molecule has 4 rings (SSSR count). The number of amides is 3. The topological polar surface area (TPSA) is 81.7 Å². The number of thioether (sulfide) groups is 1. The lowest BCUT2D eigenvalue weighted by Gasteiger charge is -2.40. The fraction of sp³-hybridized carbons (Fsp3) is 0.455. The first-order chi connectivity index (χ1) is 16.3. The maximum atomic E-state index is 12.8. The van der Waals surface area contributed by atoms with E-state index in [4.69, 9.17) is 34.8 Å². The molecule has 0 aliphatic carbocycles. The molecule has 1 unspecified atom stereocenters. The summed E-state index contributed by atoms with van der Waals surface area (Å²) in [6.07, 6.45) is 2.12. The molecule has 182 valence electrons. The Kier molecular flexibility index (Phi) is 8.29. The van der Waals surface area contributed by atoms with E-state index >= 15 is 0 Å². The Morgan fingerprint density at radius 3 is 2.53 bits per heavy atom. The van der Waals surface area contributed by atoms with Crippen LogP contribution in [0, 0.1) is 0 Å². The molecule has 1 N–H and O–H groups in total. The van der Waals surface area contributed by atoms with Gasteiger partial charge in [-0.05, 0) is 38.0 Å². The summed E-state index contributed by atoms with van der Waals surface area (Å²) < 4.78 is 0. The van der Waals surface area contributed by atoms with Gasteiger partial charge in [0.05, 0.1) is 15.8 Å². The van der Waals surface area contributed by atoms with Crippen LogP contribution in [0.1, 0.15) is 19.8 Å². The number of rotatable bonds is 5. The fourth-order valence-electron chi connectivity index (χ4n) is 4.03. The first kappa shape index (κ1) is 25.2. The van der Waals surface area contributed by atoms with Gasteiger partial charge in [-0.3, -0.25) is 4.79 Å². The van der Waals surface area contributed by atoms with Crippen LogP contribution in [0.3, 0.4) is 0 Å². The van der Waals surface area contributed by atoms with Crippen molar-refractivity contribution in [3.05, 3.63) is 39.5 Å². The molecule has 2 saturated heterocycles. The summed E-state index contributed by atoms with van der Waals surface area (Å²) in [7, 11) is 0. The number of hydrogen-bond acceptors (Lipinski definition) is 6. The number of carbonyl (C=O) groups is 2. The van der Waals surface area contributed by atoms with Crippen LogP contribution in [-0.4, -0.2) is 76.2 Å². The molecule has 12 heteroatoms. The number of nitrogens with zero attached hydrogens (tertiary/aromatic N) is 5. The lowest BCUT2D eigenvalue weighted by Crippen LogP contribution is -2.55. The third-order valence-electron chi connectivity index (χ3n) is 5.83. The summed E-state index contributed by atoms with van der Waals surface area (Å²) >= 11 is 19.6. The lowest BCUT2D eigenvalue weighted by atomic mass is 10.2. The fourth-order valence-corrected chi connectivity index (χ4v) is 5.31. The zero-order chi connectivity index (χ0) is 24.2. The zero-order valence-electron chi connectivity index (χ0n) is 18.6. The SMILES string of the molecule is CC1CN(c2cc(Cl)nc(SCC(=O)N3CCCC3)n2)CCN1C(=O)Nc1ccc(Cl)c(Cl)c1. The molecule has 0 saturated carbocycles. The van der Waals surface area contributed by atoms with Crippen LogP contribution in [0.15, 0.2) is 29.4 Å². The first-order valence-electron chi connectivity index (χ1n) is 11.0. The predicted molar refractivity (Wildman–Crippen MR) is 137 cm³/mol. The van der Waals surface area contributed by atoms with Crippen molar-refractivity contribution in [3.8, 4) is 0 Å². The molecule has 0 radical (unpaired) electrons. The highest BCUT2D eigenvalue weighted by atomic mass is 35.5. The number of aromatic nitrogens is 2. The average molecular weight is 544 g/mol. The molecular weight excluding hydrogens is 519 g/mol. The van der Waals surface area contributed by atoms with Crippen molar-refractivity contribution < 1.29 is 9.59 Å². The van der Waals surface area contributed by atoms with E-state index in [1.54, 1.807) is 29.2 Å². The van der Waals surface area contributed by atoms with Crippen molar-refractivity contribution in [2.24, 2.45) is 0 Å². The second-order valence-electron chi connectivity index (χ2n) is 8.26. The predicted octanol–water partition coefficient (Wildman–Crippen LogP) is 4.89. The summed E-state index contributed by atoms with van der Waals surface area (Å²) in [6.45, 7) is 5.30. The first-order valence-corrected chi connectivity index (χ1v) is 13.1. The molecule has 1 atom stereocenters. The van der Waals surface area contributed by atoms with Gasteiger partial charge >= 0.3 is 6.03 Å². The molecule has 1 aromatic carbocycles. The van der Waals surface area contributed by atoms with Crippen molar-refractivity contribution in [1.82, 2.24) is 19.8 Å². The Labute approximate surface area is 217 Å². The van der Waals surface area contributed by atoms with Crippen LogP contribution in [0.4, 0.5) is 16.3 Å². The molecule has 0 bridgehead atoms. The van der Waals surface area contributed by atoms with E-state index in [0.29, 0.717) is 57.2 Å². The monoisotopic (exact) mass is 542 g/mol. The van der Waals surface area contributed by atoms with Gasteiger partial charge in [-0.1, -0.05) is 46.6 Å². The number of urea groups is 1. The van der Waals surface area contributed by atoms with Crippen LogP contribution in [-0.2, 0) is 4.79 Å². The largest absolute Gasteiger partial charge is 0.353 e. The number of carbonyl (C=O) groups excluding carboxylic acids is 2. The van der Waals surface area contributed by atoms with Crippen LogP contribution < -0.4 is 10.2 Å². The molecule has 1 aromatic heterocycles. The molecule has 2 aromatic rings. The smallest absolute Gasteiger partial charge is 0.322 e. The maximum absolute atomic E-state index is 12.8. The van der Waals surface area contributed by atoms with E-state index in [1.165, 1.54) is 11.8 Å². The minimum atomic E-state index is -0.206. The maximum Gasteiger partial charge on any atom is 0.322 e. The van der Waals surface area contributed by atoms with E-state index in [2.05, 4.69) is 20.2 Å². The van der Waals surface area contributed by atoms with E-state index < -0.39 is 0 Å². The third kappa shape index (κ3) is 6.19. The highest BCUT2D eigenvalue weighted by molar-refractivity contribution is 7.99. The Hall–Kier alpha value is -1.94. The molecule has 0 spiro atoms. The summed E-state index contributed by atoms with van der Waals surface area (Å²) in [5.74, 6) is 1.08. The number of likely N-dealkylation sites (tertiary alicyclic amines) is 1. The molecule has 3 amide bonds. The summed E-state index contributed by atoms with van der Waals surface area (Å²) in [5, 5.41) is 4.49. The normalized spacial score (nSPS) is 18.4. The van der Waals surface area contributed by atoms with E-state index in [9.17, 15) is 9.59 Å². The summed E-state index contributed by atoms with van der Waals surface area (Å²) in [6, 6.07) is 6.42. The van der Waals surface area contributed by atoms with Crippen LogP contribution >= 0.6 is 46.6 Å². The second kappa shape index (κ2) is 11.2. The average Bonchev–Trinajstić information content (AvgIpc) is 3.34. The molecule has 2 aliphatic rings. The number of benzene rings is 1. The van der Waals surface area contributed by atoms with Crippen molar-refractivity contribution in [3.63, 3.8) is 0 Å². The Balaban J connectivity index is 1.36. The second-order valence-corrected chi connectivity index (χ2v) is 10.4. The molecule has 2 fully saturated rings. The van der Waals surface area contributed by atoms with Gasteiger partial charge in [0.1, 0.15) is 11.0 Å².